The van der Waals surface area contributed by atoms with Crippen LogP contribution in [-0.4, -0.2) is 17.6 Å². The maximum absolute atomic E-state index is 10.7. The van der Waals surface area contributed by atoms with E-state index in [4.69, 9.17) is 5.11 Å². The fourth-order valence-electron chi connectivity index (χ4n) is 2.78. The first-order valence-corrected chi connectivity index (χ1v) is 6.64. The van der Waals surface area contributed by atoms with Gasteiger partial charge >= 0.3 is 5.97 Å². The lowest BCUT2D eigenvalue weighted by Gasteiger charge is -2.26. The monoisotopic (exact) mass is 259 g/mol. The number of carboxylic acids is 1. The van der Waals surface area contributed by atoms with Crippen LogP contribution in [0.4, 0.5) is 5.69 Å². The van der Waals surface area contributed by atoms with Crippen LogP contribution in [-0.2, 0) is 10.2 Å². The zero-order valence-electron chi connectivity index (χ0n) is 11.9. The van der Waals surface area contributed by atoms with Crippen LogP contribution in [0.25, 0.3) is 0 Å². The summed E-state index contributed by atoms with van der Waals surface area (Å²) in [5.41, 5.74) is 4.70. The second kappa shape index (κ2) is 4.72. The largest absolute Gasteiger partial charge is 0.481 e. The minimum Gasteiger partial charge on any atom is -0.481 e. The molecule has 102 valence electrons. The van der Waals surface area contributed by atoms with Gasteiger partial charge in [-0.2, -0.15) is 0 Å². The van der Waals surface area contributed by atoms with E-state index in [1.165, 1.54) is 16.8 Å². The van der Waals surface area contributed by atoms with Gasteiger partial charge in [0.1, 0.15) is 0 Å². The van der Waals surface area contributed by atoms with Gasteiger partial charge in [-0.05, 0) is 24.5 Å². The number of para-hydroxylation sites is 1. The number of aryl methyl sites for hydroxylation is 1. The van der Waals surface area contributed by atoms with E-state index in [1.807, 2.05) is 0 Å². The molecule has 0 radical (unpaired) electrons. The number of fused-ring (bicyclic) bond motifs is 1. The van der Waals surface area contributed by atoms with Crippen molar-refractivity contribution in [3.05, 3.63) is 41.6 Å². The summed E-state index contributed by atoms with van der Waals surface area (Å²) >= 11 is 0. The number of aliphatic carboxylic acids is 1. The van der Waals surface area contributed by atoms with Gasteiger partial charge in [0.05, 0.1) is 0 Å². The summed E-state index contributed by atoms with van der Waals surface area (Å²) in [5.74, 6) is -0.742. The Morgan fingerprint density at radius 3 is 2.74 bits per heavy atom. The fraction of sp³-hybridized carbons (Fsp3) is 0.438. The SMILES string of the molecule is C=C1N(CCCC(=O)O)c2c(C)cccc2C1(C)C. The molecule has 1 aliphatic heterocycles. The predicted molar refractivity (Wildman–Crippen MR) is 77.6 cm³/mol. The number of carbonyl (C=O) groups is 1. The summed E-state index contributed by atoms with van der Waals surface area (Å²) in [6.07, 6.45) is 0.837. The highest BCUT2D eigenvalue weighted by atomic mass is 16.4. The van der Waals surface area contributed by atoms with Gasteiger partial charge in [-0.3, -0.25) is 4.79 Å². The van der Waals surface area contributed by atoms with Gasteiger partial charge in [-0.1, -0.05) is 38.6 Å². The van der Waals surface area contributed by atoms with Crippen molar-refractivity contribution in [2.75, 3.05) is 11.4 Å². The average molecular weight is 259 g/mol. The van der Waals surface area contributed by atoms with Crippen molar-refractivity contribution < 1.29 is 9.90 Å². The lowest BCUT2D eigenvalue weighted by Crippen LogP contribution is -2.26. The molecule has 1 N–H and O–H groups in total. The third kappa shape index (κ3) is 2.25. The van der Waals surface area contributed by atoms with Crippen molar-refractivity contribution in [1.29, 1.82) is 0 Å². The zero-order valence-corrected chi connectivity index (χ0v) is 11.9. The molecule has 1 aromatic rings. The molecular weight excluding hydrogens is 238 g/mol. The molecule has 0 aliphatic carbocycles. The predicted octanol–water partition coefficient (Wildman–Crippen LogP) is 3.47. The maximum atomic E-state index is 10.7. The highest BCUT2D eigenvalue weighted by Gasteiger charge is 2.39. The molecule has 0 bridgehead atoms. The Morgan fingerprint density at radius 2 is 2.11 bits per heavy atom. The van der Waals surface area contributed by atoms with Gasteiger partial charge in [0.15, 0.2) is 0 Å². The van der Waals surface area contributed by atoms with E-state index in [-0.39, 0.29) is 11.8 Å². The lowest BCUT2D eigenvalue weighted by atomic mass is 9.84. The van der Waals surface area contributed by atoms with Gasteiger partial charge in [-0.25, -0.2) is 0 Å². The van der Waals surface area contributed by atoms with Crippen LogP contribution < -0.4 is 4.90 Å². The summed E-state index contributed by atoms with van der Waals surface area (Å²) in [5, 5.41) is 8.76. The van der Waals surface area contributed by atoms with E-state index in [0.717, 1.165) is 5.70 Å². The lowest BCUT2D eigenvalue weighted by molar-refractivity contribution is -0.137. The van der Waals surface area contributed by atoms with E-state index >= 15 is 0 Å². The van der Waals surface area contributed by atoms with Crippen LogP contribution in [0.5, 0.6) is 0 Å². The molecule has 0 spiro atoms. The molecule has 1 aliphatic rings. The molecule has 3 nitrogen and oxygen atoms in total. The van der Waals surface area contributed by atoms with Crippen molar-refractivity contribution in [3.63, 3.8) is 0 Å². The summed E-state index contributed by atoms with van der Waals surface area (Å²) in [7, 11) is 0. The van der Waals surface area contributed by atoms with Crippen molar-refractivity contribution in [2.24, 2.45) is 0 Å². The van der Waals surface area contributed by atoms with Crippen molar-refractivity contribution in [2.45, 2.75) is 39.0 Å². The Bertz CT molecular complexity index is 532. The van der Waals surface area contributed by atoms with E-state index in [1.54, 1.807) is 0 Å². The standard InChI is InChI=1S/C16H21NO2/c1-11-7-5-8-13-15(11)17(10-6-9-14(18)19)12(2)16(13,3)4/h5,7-8H,2,6,9-10H2,1,3-4H3,(H,18,19). The first kappa shape index (κ1) is 13.7. The summed E-state index contributed by atoms with van der Waals surface area (Å²) in [6.45, 7) is 11.4. The number of rotatable bonds is 4. The smallest absolute Gasteiger partial charge is 0.303 e. The molecule has 0 saturated heterocycles. The zero-order chi connectivity index (χ0) is 14.2. The quantitative estimate of drug-likeness (QED) is 0.900. The van der Waals surface area contributed by atoms with Gasteiger partial charge in [0.25, 0.3) is 0 Å². The van der Waals surface area contributed by atoms with Crippen molar-refractivity contribution >= 4 is 11.7 Å². The Hall–Kier alpha value is -1.77. The minimum absolute atomic E-state index is 0.0788. The Labute approximate surface area is 114 Å². The molecule has 1 heterocycles. The molecular formula is C16H21NO2. The molecule has 19 heavy (non-hydrogen) atoms. The third-order valence-corrected chi connectivity index (χ3v) is 4.00. The first-order chi connectivity index (χ1) is 8.85. The number of benzene rings is 1. The van der Waals surface area contributed by atoms with Crippen LogP contribution in [0.3, 0.4) is 0 Å². The Balaban J connectivity index is 2.31. The second-order valence-corrected chi connectivity index (χ2v) is 5.69. The van der Waals surface area contributed by atoms with Crippen LogP contribution in [0.1, 0.15) is 37.8 Å². The van der Waals surface area contributed by atoms with Gasteiger partial charge in [0.2, 0.25) is 0 Å². The van der Waals surface area contributed by atoms with Gasteiger partial charge in [-0.15, -0.1) is 0 Å². The number of hydrogen-bond acceptors (Lipinski definition) is 2. The molecule has 3 heteroatoms. The highest BCUT2D eigenvalue weighted by molar-refractivity contribution is 5.73. The first-order valence-electron chi connectivity index (χ1n) is 6.64. The molecule has 0 unspecified atom stereocenters. The summed E-state index contributed by atoms with van der Waals surface area (Å²) in [4.78, 5) is 12.8. The minimum atomic E-state index is -0.742. The molecule has 0 aromatic heterocycles. The van der Waals surface area contributed by atoms with Crippen LogP contribution >= 0.6 is 0 Å². The van der Waals surface area contributed by atoms with Gasteiger partial charge < -0.3 is 10.0 Å². The molecule has 0 fully saturated rings. The number of nitrogens with zero attached hydrogens (tertiary/aromatic N) is 1. The van der Waals surface area contributed by atoms with Crippen molar-refractivity contribution in [1.82, 2.24) is 0 Å². The average Bonchev–Trinajstić information content (AvgIpc) is 2.51. The molecule has 0 atom stereocenters. The van der Waals surface area contributed by atoms with E-state index in [0.29, 0.717) is 13.0 Å². The van der Waals surface area contributed by atoms with Crippen LogP contribution in [0.15, 0.2) is 30.5 Å². The molecule has 0 amide bonds. The third-order valence-electron chi connectivity index (χ3n) is 4.00. The number of anilines is 1. The van der Waals surface area contributed by atoms with E-state index in [9.17, 15) is 4.79 Å². The highest BCUT2D eigenvalue weighted by Crippen LogP contribution is 2.48. The van der Waals surface area contributed by atoms with Crippen LogP contribution in [0, 0.1) is 6.92 Å². The summed E-state index contributed by atoms with van der Waals surface area (Å²) < 4.78 is 0. The van der Waals surface area contributed by atoms with Crippen molar-refractivity contribution in [3.8, 4) is 0 Å². The Morgan fingerprint density at radius 1 is 1.42 bits per heavy atom. The number of carboxylic acid groups (broad SMARTS) is 1. The summed E-state index contributed by atoms with van der Waals surface area (Å²) in [6, 6.07) is 6.31. The van der Waals surface area contributed by atoms with E-state index in [2.05, 4.69) is 50.4 Å². The second-order valence-electron chi connectivity index (χ2n) is 5.69. The van der Waals surface area contributed by atoms with Gasteiger partial charge in [0, 0.05) is 29.8 Å². The van der Waals surface area contributed by atoms with E-state index < -0.39 is 5.97 Å². The number of allylic oxidation sites excluding steroid dienone is 1. The Kier molecular flexibility index (Phi) is 3.40. The maximum Gasteiger partial charge on any atom is 0.303 e. The normalized spacial score (nSPS) is 16.6. The molecule has 2 rings (SSSR count). The molecule has 1 aromatic carbocycles. The topological polar surface area (TPSA) is 40.5 Å². The number of hydrogen-bond donors (Lipinski definition) is 1. The molecule has 0 saturated carbocycles. The fourth-order valence-corrected chi connectivity index (χ4v) is 2.78. The van der Waals surface area contributed by atoms with Crippen LogP contribution in [0.2, 0.25) is 0 Å².